The molecule has 0 amide bonds. The van der Waals surface area contributed by atoms with Crippen molar-refractivity contribution in [2.45, 2.75) is 31.8 Å². The molecule has 1 aliphatic heterocycles. The highest BCUT2D eigenvalue weighted by Gasteiger charge is 2.37. The lowest BCUT2D eigenvalue weighted by molar-refractivity contribution is 0.414. The average Bonchev–Trinajstić information content (AvgIpc) is 2.74. The third kappa shape index (κ3) is 2.57. The SMILES string of the molecule is COc1cccc([C@@H]2CC[P@@](=O)(C(C)C)C2)c1. The molecule has 0 unspecified atom stereocenters. The van der Waals surface area contributed by atoms with E-state index in [1.54, 1.807) is 7.11 Å². The minimum Gasteiger partial charge on any atom is -0.497 e. The van der Waals surface area contributed by atoms with Crippen molar-refractivity contribution in [3.05, 3.63) is 29.8 Å². The number of rotatable bonds is 3. The molecule has 17 heavy (non-hydrogen) atoms. The summed E-state index contributed by atoms with van der Waals surface area (Å²) in [4.78, 5) is 0. The Bertz CT molecular complexity index is 440. The molecule has 0 saturated carbocycles. The summed E-state index contributed by atoms with van der Waals surface area (Å²) in [5.74, 6) is 1.35. The van der Waals surface area contributed by atoms with E-state index in [1.807, 2.05) is 12.1 Å². The normalized spacial score (nSPS) is 28.6. The number of ether oxygens (including phenoxy) is 1. The van der Waals surface area contributed by atoms with Crippen LogP contribution in [0.25, 0.3) is 0 Å². The average molecular weight is 252 g/mol. The molecular formula is C14H21O2P. The third-order valence-electron chi connectivity index (χ3n) is 3.89. The Morgan fingerprint density at radius 3 is 2.76 bits per heavy atom. The number of hydrogen-bond acceptors (Lipinski definition) is 2. The zero-order valence-electron chi connectivity index (χ0n) is 10.8. The molecule has 1 aromatic carbocycles. The quantitative estimate of drug-likeness (QED) is 0.761. The second-order valence-corrected chi connectivity index (χ2v) is 8.96. The molecule has 2 atom stereocenters. The van der Waals surface area contributed by atoms with Gasteiger partial charge in [-0.1, -0.05) is 26.0 Å². The highest BCUT2D eigenvalue weighted by molar-refractivity contribution is 7.65. The fraction of sp³-hybridized carbons (Fsp3) is 0.571. The van der Waals surface area contributed by atoms with Crippen molar-refractivity contribution >= 4 is 7.14 Å². The first-order valence-corrected chi connectivity index (χ1v) is 8.41. The summed E-state index contributed by atoms with van der Waals surface area (Å²) in [5.41, 5.74) is 1.61. The highest BCUT2D eigenvalue weighted by atomic mass is 31.2. The Kier molecular flexibility index (Phi) is 3.63. The summed E-state index contributed by atoms with van der Waals surface area (Å²) in [6.07, 6.45) is 2.84. The van der Waals surface area contributed by atoms with Gasteiger partial charge in [0, 0.05) is 18.0 Å². The van der Waals surface area contributed by atoms with Gasteiger partial charge in [-0.25, -0.2) is 0 Å². The minimum atomic E-state index is -1.93. The third-order valence-corrected chi connectivity index (χ3v) is 7.85. The van der Waals surface area contributed by atoms with E-state index < -0.39 is 7.14 Å². The van der Waals surface area contributed by atoms with Crippen molar-refractivity contribution in [2.75, 3.05) is 19.4 Å². The van der Waals surface area contributed by atoms with E-state index >= 15 is 0 Å². The van der Waals surface area contributed by atoms with Gasteiger partial charge in [-0.2, -0.15) is 0 Å². The molecular weight excluding hydrogens is 231 g/mol. The first-order valence-electron chi connectivity index (χ1n) is 6.27. The summed E-state index contributed by atoms with van der Waals surface area (Å²) in [6.45, 7) is 4.18. The van der Waals surface area contributed by atoms with Crippen molar-refractivity contribution in [3.8, 4) is 5.75 Å². The van der Waals surface area contributed by atoms with Crippen LogP contribution in [0.4, 0.5) is 0 Å². The zero-order valence-corrected chi connectivity index (χ0v) is 11.7. The van der Waals surface area contributed by atoms with Crippen LogP contribution in [0.2, 0.25) is 0 Å². The van der Waals surface area contributed by atoms with E-state index in [0.29, 0.717) is 11.6 Å². The van der Waals surface area contributed by atoms with E-state index in [4.69, 9.17) is 4.74 Å². The topological polar surface area (TPSA) is 26.3 Å². The molecule has 2 rings (SSSR count). The molecule has 0 aliphatic carbocycles. The second kappa shape index (κ2) is 4.86. The van der Waals surface area contributed by atoms with Gasteiger partial charge >= 0.3 is 0 Å². The lowest BCUT2D eigenvalue weighted by Gasteiger charge is -2.16. The van der Waals surface area contributed by atoms with Crippen LogP contribution in [0.5, 0.6) is 5.75 Å². The summed E-state index contributed by atoms with van der Waals surface area (Å²) in [6, 6.07) is 8.19. The summed E-state index contributed by atoms with van der Waals surface area (Å²) in [5, 5.41) is 0. The van der Waals surface area contributed by atoms with Gasteiger partial charge < -0.3 is 9.30 Å². The second-order valence-electron chi connectivity index (χ2n) is 5.21. The smallest absolute Gasteiger partial charge is 0.119 e. The maximum absolute atomic E-state index is 12.6. The van der Waals surface area contributed by atoms with Gasteiger partial charge in [0.05, 0.1) is 14.3 Å². The van der Waals surface area contributed by atoms with Gasteiger partial charge in [-0.05, 0) is 30.0 Å². The van der Waals surface area contributed by atoms with Crippen molar-refractivity contribution in [1.82, 2.24) is 0 Å². The molecule has 2 nitrogen and oxygen atoms in total. The van der Waals surface area contributed by atoms with E-state index in [-0.39, 0.29) is 0 Å². The predicted octanol–water partition coefficient (Wildman–Crippen LogP) is 3.95. The molecule has 0 bridgehead atoms. The summed E-state index contributed by atoms with van der Waals surface area (Å²) in [7, 11) is -0.241. The Hall–Kier alpha value is -0.750. The van der Waals surface area contributed by atoms with E-state index in [9.17, 15) is 4.57 Å². The van der Waals surface area contributed by atoms with Gasteiger partial charge in [0.2, 0.25) is 0 Å². The van der Waals surface area contributed by atoms with Crippen LogP contribution >= 0.6 is 7.14 Å². The molecule has 1 aromatic rings. The number of benzene rings is 1. The van der Waals surface area contributed by atoms with Crippen LogP contribution in [-0.4, -0.2) is 25.1 Å². The van der Waals surface area contributed by atoms with Crippen LogP contribution in [0.1, 0.15) is 31.7 Å². The number of methoxy groups -OCH3 is 1. The minimum absolute atomic E-state index is 0.332. The van der Waals surface area contributed by atoms with Crippen molar-refractivity contribution < 1.29 is 9.30 Å². The molecule has 0 aromatic heterocycles. The zero-order chi connectivity index (χ0) is 12.5. The van der Waals surface area contributed by atoms with Gasteiger partial charge in [0.25, 0.3) is 0 Å². The molecule has 1 saturated heterocycles. The monoisotopic (exact) mass is 252 g/mol. The molecule has 0 spiro atoms. The standard InChI is InChI=1S/C14H21O2P/c1-11(2)17(15)8-7-13(10-17)12-5-4-6-14(9-12)16-3/h4-6,9,11,13H,7-8,10H2,1-3H3/t13-,17+/m1/s1. The molecule has 1 fully saturated rings. The molecule has 1 heterocycles. The fourth-order valence-corrected chi connectivity index (χ4v) is 5.58. The number of hydrogen-bond donors (Lipinski definition) is 0. The maximum atomic E-state index is 12.6. The van der Waals surface area contributed by atoms with E-state index in [2.05, 4.69) is 26.0 Å². The maximum Gasteiger partial charge on any atom is 0.119 e. The van der Waals surface area contributed by atoms with Gasteiger partial charge in [-0.3, -0.25) is 0 Å². The van der Waals surface area contributed by atoms with Crippen LogP contribution in [0.15, 0.2) is 24.3 Å². The van der Waals surface area contributed by atoms with Crippen molar-refractivity contribution in [2.24, 2.45) is 0 Å². The van der Waals surface area contributed by atoms with Crippen LogP contribution in [0, 0.1) is 0 Å². The Morgan fingerprint density at radius 1 is 1.41 bits per heavy atom. The first kappa shape index (κ1) is 12.7. The van der Waals surface area contributed by atoms with Gasteiger partial charge in [-0.15, -0.1) is 0 Å². The van der Waals surface area contributed by atoms with Crippen molar-refractivity contribution in [3.63, 3.8) is 0 Å². The lowest BCUT2D eigenvalue weighted by atomic mass is 9.99. The van der Waals surface area contributed by atoms with E-state index in [0.717, 1.165) is 24.5 Å². The van der Waals surface area contributed by atoms with E-state index in [1.165, 1.54) is 5.56 Å². The Morgan fingerprint density at radius 2 is 2.18 bits per heavy atom. The van der Waals surface area contributed by atoms with Crippen LogP contribution in [-0.2, 0) is 4.57 Å². The summed E-state index contributed by atoms with van der Waals surface area (Å²) < 4.78 is 17.9. The molecule has 1 aliphatic rings. The largest absolute Gasteiger partial charge is 0.497 e. The molecule has 3 heteroatoms. The highest BCUT2D eigenvalue weighted by Crippen LogP contribution is 2.60. The van der Waals surface area contributed by atoms with Crippen LogP contribution < -0.4 is 4.74 Å². The lowest BCUT2D eigenvalue weighted by Crippen LogP contribution is -2.02. The molecule has 94 valence electrons. The van der Waals surface area contributed by atoms with Crippen molar-refractivity contribution in [1.29, 1.82) is 0 Å². The van der Waals surface area contributed by atoms with Crippen LogP contribution in [0.3, 0.4) is 0 Å². The summed E-state index contributed by atoms with van der Waals surface area (Å²) >= 11 is 0. The first-order chi connectivity index (χ1) is 8.05. The van der Waals surface area contributed by atoms with Gasteiger partial charge in [0.15, 0.2) is 0 Å². The van der Waals surface area contributed by atoms with Gasteiger partial charge in [0.1, 0.15) is 5.75 Å². The predicted molar refractivity (Wildman–Crippen MR) is 72.8 cm³/mol. The Labute approximate surface area is 104 Å². The Balaban J connectivity index is 2.17. The molecule has 0 N–H and O–H groups in total. The fourth-order valence-electron chi connectivity index (χ4n) is 2.57. The molecule has 0 radical (unpaired) electrons.